The van der Waals surface area contributed by atoms with Gasteiger partial charge in [-0.3, -0.25) is 9.59 Å². The number of hydrogen-bond acceptors (Lipinski definition) is 7. The lowest BCUT2D eigenvalue weighted by Gasteiger charge is -2.11. The van der Waals surface area contributed by atoms with Gasteiger partial charge in [-0.05, 0) is 73.0 Å². The van der Waals surface area contributed by atoms with E-state index >= 15 is 0 Å². The number of anilines is 4. The molecule has 6 N–H and O–H groups in total. The number of rotatable bonds is 14. The Bertz CT molecular complexity index is 1110. The molecule has 1 aromatic carbocycles. The number of aromatic nitrogens is 2. The van der Waals surface area contributed by atoms with Gasteiger partial charge in [0.1, 0.15) is 23.3 Å². The quantitative estimate of drug-likeness (QED) is 0.136. The molecule has 196 valence electrons. The molecule has 3 rings (SSSR count). The number of thiol groups is 1. The van der Waals surface area contributed by atoms with Gasteiger partial charge in [0, 0.05) is 11.1 Å². The van der Waals surface area contributed by atoms with Crippen LogP contribution in [0.15, 0.2) is 54.6 Å². The van der Waals surface area contributed by atoms with E-state index in [0.717, 1.165) is 30.6 Å². The van der Waals surface area contributed by atoms with Gasteiger partial charge in [0.15, 0.2) is 0 Å². The average Bonchev–Trinajstić information content (AvgIpc) is 2.87. The number of nitrogens with two attached hydrogens (primary N) is 2. The minimum absolute atomic E-state index is 0.308. The fourth-order valence-electron chi connectivity index (χ4n) is 4.02. The molecule has 0 saturated heterocycles. The van der Waals surface area contributed by atoms with Gasteiger partial charge in [0.05, 0.1) is 0 Å². The maximum atomic E-state index is 13.0. The lowest BCUT2D eigenvalue weighted by Crippen LogP contribution is -2.17. The van der Waals surface area contributed by atoms with Gasteiger partial charge in [-0.1, -0.05) is 50.7 Å². The van der Waals surface area contributed by atoms with E-state index in [9.17, 15) is 9.59 Å². The lowest BCUT2D eigenvalue weighted by molar-refractivity contribution is 0.102. The van der Waals surface area contributed by atoms with Gasteiger partial charge < -0.3 is 22.1 Å². The second-order valence-electron chi connectivity index (χ2n) is 9.02. The Balaban J connectivity index is 1.68. The molecule has 2 amide bonds. The summed E-state index contributed by atoms with van der Waals surface area (Å²) in [5.74, 6) is 1.54. The van der Waals surface area contributed by atoms with Gasteiger partial charge in [0.2, 0.25) is 0 Å². The van der Waals surface area contributed by atoms with Crippen molar-refractivity contribution in [2.75, 3.05) is 27.9 Å². The molecule has 0 aliphatic carbocycles. The number of benzene rings is 1. The standard InChI is InChI=1S/C28H36N6O2S/c29-23-12-9-14-25(31-23)33-27(35)21-17-20(11-7-5-3-1-2-4-6-8-16-37)18-22(19-21)28(36)34-26-15-10-13-24(30)32-26/h9-10,12-15,17-19,37H,1-8,11,16H2,(H3,29,31,33,35)(H3,30,32,34,36). The topological polar surface area (TPSA) is 136 Å². The largest absolute Gasteiger partial charge is 0.384 e. The Morgan fingerprint density at radius 1 is 0.676 bits per heavy atom. The molecule has 0 aliphatic heterocycles. The van der Waals surface area contributed by atoms with Crippen LogP contribution in [0.25, 0.3) is 0 Å². The van der Waals surface area contributed by atoms with E-state index in [-0.39, 0.29) is 11.8 Å². The number of unbranched alkanes of at least 4 members (excludes halogenated alkanes) is 7. The van der Waals surface area contributed by atoms with Crippen molar-refractivity contribution in [1.29, 1.82) is 0 Å². The fourth-order valence-corrected chi connectivity index (χ4v) is 4.24. The number of nitrogens with one attached hydrogen (secondary N) is 2. The van der Waals surface area contributed by atoms with E-state index in [4.69, 9.17) is 11.5 Å². The van der Waals surface area contributed by atoms with Crippen LogP contribution in [-0.4, -0.2) is 27.5 Å². The molecule has 0 atom stereocenters. The lowest BCUT2D eigenvalue weighted by atomic mass is 9.99. The third-order valence-corrected chi connectivity index (χ3v) is 6.23. The molecule has 0 spiro atoms. The first-order valence-electron chi connectivity index (χ1n) is 12.8. The van der Waals surface area contributed by atoms with E-state index in [1.165, 1.54) is 38.5 Å². The molecule has 0 aliphatic rings. The zero-order valence-electron chi connectivity index (χ0n) is 21.1. The normalized spacial score (nSPS) is 10.7. The smallest absolute Gasteiger partial charge is 0.256 e. The summed E-state index contributed by atoms with van der Waals surface area (Å²) >= 11 is 4.26. The molecular weight excluding hydrogens is 484 g/mol. The highest BCUT2D eigenvalue weighted by Gasteiger charge is 2.15. The third kappa shape index (κ3) is 9.76. The van der Waals surface area contributed by atoms with Gasteiger partial charge in [-0.25, -0.2) is 9.97 Å². The predicted octanol–water partition coefficient (Wildman–Crippen LogP) is 5.74. The summed E-state index contributed by atoms with van der Waals surface area (Å²) in [6.45, 7) is 0. The van der Waals surface area contributed by atoms with Crippen LogP contribution in [0.1, 0.15) is 77.6 Å². The SMILES string of the molecule is Nc1cccc(NC(=O)c2cc(CCCCCCCCCCS)cc(C(=O)Nc3cccc(N)n3)c2)n1. The highest BCUT2D eigenvalue weighted by atomic mass is 32.1. The number of carbonyl (C=O) groups excluding carboxylic acids is 2. The predicted molar refractivity (Wildman–Crippen MR) is 154 cm³/mol. The van der Waals surface area contributed by atoms with E-state index < -0.39 is 0 Å². The first-order valence-corrected chi connectivity index (χ1v) is 13.4. The second kappa shape index (κ2) is 14.8. The molecule has 0 fully saturated rings. The highest BCUT2D eigenvalue weighted by Crippen LogP contribution is 2.18. The Hall–Kier alpha value is -3.59. The Morgan fingerprint density at radius 2 is 1.14 bits per heavy atom. The molecular formula is C28H36N6O2S. The third-order valence-electron chi connectivity index (χ3n) is 5.92. The van der Waals surface area contributed by atoms with E-state index in [1.54, 1.807) is 42.5 Å². The van der Waals surface area contributed by atoms with Gasteiger partial charge in [0.25, 0.3) is 11.8 Å². The fraction of sp³-hybridized carbons (Fsp3) is 0.357. The number of aryl methyl sites for hydroxylation is 1. The Morgan fingerprint density at radius 3 is 1.59 bits per heavy atom. The maximum absolute atomic E-state index is 13.0. The van der Waals surface area contributed by atoms with Crippen LogP contribution in [0.2, 0.25) is 0 Å². The zero-order valence-corrected chi connectivity index (χ0v) is 22.0. The molecule has 2 aromatic heterocycles. The highest BCUT2D eigenvalue weighted by molar-refractivity contribution is 7.80. The minimum Gasteiger partial charge on any atom is -0.384 e. The Kier molecular flexibility index (Phi) is 11.2. The van der Waals surface area contributed by atoms with Crippen LogP contribution >= 0.6 is 12.6 Å². The van der Waals surface area contributed by atoms with Crippen molar-refractivity contribution in [3.63, 3.8) is 0 Å². The number of amides is 2. The molecule has 0 saturated carbocycles. The number of carbonyl (C=O) groups is 2. The number of nitrogens with zero attached hydrogens (tertiary/aromatic N) is 2. The van der Waals surface area contributed by atoms with Crippen LogP contribution in [0.3, 0.4) is 0 Å². The van der Waals surface area contributed by atoms with Crippen molar-refractivity contribution >= 4 is 47.7 Å². The number of pyridine rings is 2. The monoisotopic (exact) mass is 520 g/mol. The average molecular weight is 521 g/mol. The van der Waals surface area contributed by atoms with Crippen LogP contribution in [-0.2, 0) is 6.42 Å². The molecule has 8 nitrogen and oxygen atoms in total. The van der Waals surface area contributed by atoms with Crippen LogP contribution < -0.4 is 22.1 Å². The first kappa shape index (κ1) is 28.0. The summed E-state index contributed by atoms with van der Waals surface area (Å²) in [4.78, 5) is 34.3. The molecule has 2 heterocycles. The summed E-state index contributed by atoms with van der Waals surface area (Å²) in [5, 5.41) is 5.52. The summed E-state index contributed by atoms with van der Waals surface area (Å²) in [5.41, 5.74) is 13.1. The molecule has 37 heavy (non-hydrogen) atoms. The van der Waals surface area contributed by atoms with Gasteiger partial charge >= 0.3 is 0 Å². The first-order chi connectivity index (χ1) is 17.9. The molecule has 9 heteroatoms. The minimum atomic E-state index is -0.364. The van der Waals surface area contributed by atoms with Crippen molar-refractivity contribution in [2.45, 2.75) is 57.8 Å². The van der Waals surface area contributed by atoms with Gasteiger partial charge in [-0.2, -0.15) is 12.6 Å². The Labute approximate surface area is 224 Å². The molecule has 0 bridgehead atoms. The molecule has 0 radical (unpaired) electrons. The van der Waals surface area contributed by atoms with E-state index in [1.807, 2.05) is 12.1 Å². The van der Waals surface area contributed by atoms with Crippen molar-refractivity contribution < 1.29 is 9.59 Å². The zero-order chi connectivity index (χ0) is 26.5. The summed E-state index contributed by atoms with van der Waals surface area (Å²) in [6.07, 6.45) is 10.2. The summed E-state index contributed by atoms with van der Waals surface area (Å²) in [6, 6.07) is 15.3. The maximum Gasteiger partial charge on any atom is 0.256 e. The van der Waals surface area contributed by atoms with E-state index in [2.05, 4.69) is 33.2 Å². The second-order valence-corrected chi connectivity index (χ2v) is 9.47. The van der Waals surface area contributed by atoms with Crippen molar-refractivity contribution in [3.05, 3.63) is 71.3 Å². The van der Waals surface area contributed by atoms with Crippen LogP contribution in [0.4, 0.5) is 23.3 Å². The molecule has 3 aromatic rings. The number of nitrogen functional groups attached to an aromatic ring is 2. The van der Waals surface area contributed by atoms with Gasteiger partial charge in [-0.15, -0.1) is 0 Å². The number of hydrogen-bond donors (Lipinski definition) is 5. The van der Waals surface area contributed by atoms with Crippen molar-refractivity contribution in [2.24, 2.45) is 0 Å². The van der Waals surface area contributed by atoms with Crippen LogP contribution in [0.5, 0.6) is 0 Å². The summed E-state index contributed by atoms with van der Waals surface area (Å²) < 4.78 is 0. The van der Waals surface area contributed by atoms with Crippen LogP contribution in [0, 0.1) is 0 Å². The van der Waals surface area contributed by atoms with Crippen molar-refractivity contribution in [1.82, 2.24) is 9.97 Å². The summed E-state index contributed by atoms with van der Waals surface area (Å²) in [7, 11) is 0. The van der Waals surface area contributed by atoms with E-state index in [0.29, 0.717) is 34.4 Å². The van der Waals surface area contributed by atoms with Crippen molar-refractivity contribution in [3.8, 4) is 0 Å². The molecule has 0 unspecified atom stereocenters.